The quantitative estimate of drug-likeness (QED) is 0.712. The van der Waals surface area contributed by atoms with Crippen LogP contribution < -0.4 is 5.32 Å². The van der Waals surface area contributed by atoms with Gasteiger partial charge in [-0.1, -0.05) is 36.4 Å². The Morgan fingerprint density at radius 3 is 2.64 bits per heavy atom. The molecule has 1 saturated heterocycles. The van der Waals surface area contributed by atoms with Gasteiger partial charge in [-0.3, -0.25) is 0 Å². The lowest BCUT2D eigenvalue weighted by Gasteiger charge is -2.22. The minimum absolute atomic E-state index is 0.462. The first-order chi connectivity index (χ1) is 10.8. The van der Waals surface area contributed by atoms with Crippen molar-refractivity contribution in [2.75, 3.05) is 13.1 Å². The van der Waals surface area contributed by atoms with E-state index in [1.165, 1.54) is 10.8 Å². The second-order valence-corrected chi connectivity index (χ2v) is 5.92. The van der Waals surface area contributed by atoms with Crippen LogP contribution in [0.25, 0.3) is 22.0 Å². The fourth-order valence-corrected chi connectivity index (χ4v) is 3.40. The fraction of sp³-hybridized carbons (Fsp3) is 0.278. The van der Waals surface area contributed by atoms with Crippen molar-refractivity contribution in [3.8, 4) is 11.3 Å². The summed E-state index contributed by atoms with van der Waals surface area (Å²) in [5, 5.41) is 20.0. The third kappa shape index (κ3) is 2.25. The normalized spacial score (nSPS) is 16.2. The Kier molecular flexibility index (Phi) is 3.31. The largest absolute Gasteiger partial charge is 0.411 e. The van der Waals surface area contributed by atoms with E-state index in [-0.39, 0.29) is 0 Å². The number of fused-ring (bicyclic) bond motifs is 1. The number of nitrogens with zero attached hydrogens (tertiary/aromatic N) is 2. The van der Waals surface area contributed by atoms with Crippen LogP contribution in [0.2, 0.25) is 0 Å². The topological polar surface area (TPSA) is 50.1 Å². The van der Waals surface area contributed by atoms with E-state index < -0.39 is 0 Å². The van der Waals surface area contributed by atoms with E-state index in [1.54, 1.807) is 0 Å². The molecule has 0 radical (unpaired) electrons. The maximum atomic E-state index is 10.2. The maximum Gasteiger partial charge on any atom is 0.113 e. The number of hydrogen-bond acceptors (Lipinski definition) is 3. The van der Waals surface area contributed by atoms with Gasteiger partial charge >= 0.3 is 0 Å². The third-order valence-corrected chi connectivity index (χ3v) is 4.58. The Hall–Kier alpha value is -2.33. The molecule has 4 heteroatoms. The lowest BCUT2D eigenvalue weighted by molar-refractivity contribution is 0.153. The average Bonchev–Trinajstić information content (AvgIpc) is 2.97. The zero-order chi connectivity index (χ0) is 14.9. The first-order valence-electron chi connectivity index (χ1n) is 7.80. The zero-order valence-corrected chi connectivity index (χ0v) is 12.4. The molecule has 0 amide bonds. The van der Waals surface area contributed by atoms with Gasteiger partial charge in [-0.2, -0.15) is 0 Å². The molecule has 1 aliphatic heterocycles. The van der Waals surface area contributed by atoms with Gasteiger partial charge in [0.25, 0.3) is 0 Å². The van der Waals surface area contributed by atoms with Gasteiger partial charge in [0.05, 0.1) is 6.20 Å². The molecule has 2 N–H and O–H groups in total. The lowest BCUT2D eigenvalue weighted by Crippen LogP contribution is -2.26. The van der Waals surface area contributed by atoms with E-state index >= 15 is 0 Å². The van der Waals surface area contributed by atoms with Crippen LogP contribution in [0.4, 0.5) is 0 Å². The SMILES string of the molecule is On1ncc(C2CCNCC2)c1-c1ccc2ccccc2c1. The molecule has 0 aliphatic carbocycles. The van der Waals surface area contributed by atoms with Crippen molar-refractivity contribution >= 4 is 10.8 Å². The summed E-state index contributed by atoms with van der Waals surface area (Å²) in [6, 6.07) is 14.6. The molecule has 22 heavy (non-hydrogen) atoms. The van der Waals surface area contributed by atoms with Crippen molar-refractivity contribution in [3.63, 3.8) is 0 Å². The highest BCUT2D eigenvalue weighted by Crippen LogP contribution is 2.34. The molecule has 0 saturated carbocycles. The molecule has 3 aromatic rings. The molecule has 1 aliphatic rings. The van der Waals surface area contributed by atoms with Crippen LogP contribution >= 0.6 is 0 Å². The maximum absolute atomic E-state index is 10.2. The Bertz CT molecular complexity index is 803. The summed E-state index contributed by atoms with van der Waals surface area (Å²) in [5.41, 5.74) is 3.00. The van der Waals surface area contributed by atoms with Crippen LogP contribution in [0.5, 0.6) is 0 Å². The van der Waals surface area contributed by atoms with Crippen LogP contribution in [-0.2, 0) is 0 Å². The van der Waals surface area contributed by atoms with Crippen molar-refractivity contribution in [2.45, 2.75) is 18.8 Å². The summed E-state index contributed by atoms with van der Waals surface area (Å²) in [5.74, 6) is 0.462. The number of nitrogens with one attached hydrogen (secondary N) is 1. The van der Waals surface area contributed by atoms with Crippen LogP contribution in [0, 0.1) is 0 Å². The Morgan fingerprint density at radius 2 is 1.82 bits per heavy atom. The van der Waals surface area contributed by atoms with Gasteiger partial charge in [0.15, 0.2) is 0 Å². The summed E-state index contributed by atoms with van der Waals surface area (Å²) in [7, 11) is 0. The second kappa shape index (κ2) is 5.46. The van der Waals surface area contributed by atoms with Crippen molar-refractivity contribution < 1.29 is 5.21 Å². The van der Waals surface area contributed by atoms with Gasteiger partial charge in [0.2, 0.25) is 0 Å². The van der Waals surface area contributed by atoms with Gasteiger partial charge in [0.1, 0.15) is 5.69 Å². The van der Waals surface area contributed by atoms with Crippen LogP contribution in [0.3, 0.4) is 0 Å². The van der Waals surface area contributed by atoms with Crippen LogP contribution in [-0.4, -0.2) is 28.2 Å². The zero-order valence-electron chi connectivity index (χ0n) is 12.4. The molecule has 0 unspecified atom stereocenters. The lowest BCUT2D eigenvalue weighted by atomic mass is 9.88. The molecule has 4 nitrogen and oxygen atoms in total. The Morgan fingerprint density at radius 1 is 1.05 bits per heavy atom. The van der Waals surface area contributed by atoms with Gasteiger partial charge in [-0.15, -0.1) is 9.94 Å². The van der Waals surface area contributed by atoms with Gasteiger partial charge in [0, 0.05) is 11.1 Å². The fourth-order valence-electron chi connectivity index (χ4n) is 3.40. The molecule has 112 valence electrons. The molecule has 1 fully saturated rings. The highest BCUT2D eigenvalue weighted by atomic mass is 16.5. The molecule has 0 atom stereocenters. The van der Waals surface area contributed by atoms with Gasteiger partial charge in [-0.05, 0) is 48.7 Å². The first kappa shape index (κ1) is 13.3. The molecule has 2 aromatic carbocycles. The molecule has 0 spiro atoms. The van der Waals surface area contributed by atoms with Crippen LogP contribution in [0.15, 0.2) is 48.7 Å². The number of aromatic nitrogens is 2. The Labute approximate surface area is 129 Å². The van der Waals surface area contributed by atoms with Crippen molar-refractivity contribution in [2.24, 2.45) is 0 Å². The van der Waals surface area contributed by atoms with E-state index in [4.69, 9.17) is 0 Å². The minimum atomic E-state index is 0.462. The Balaban J connectivity index is 1.81. The number of benzene rings is 2. The molecular weight excluding hydrogens is 274 g/mol. The monoisotopic (exact) mass is 293 g/mol. The highest BCUT2D eigenvalue weighted by molar-refractivity contribution is 5.87. The molecule has 2 heterocycles. The summed E-state index contributed by atoms with van der Waals surface area (Å²) in [6.45, 7) is 2.05. The first-order valence-corrected chi connectivity index (χ1v) is 7.80. The van der Waals surface area contributed by atoms with Gasteiger partial charge in [-0.25, -0.2) is 0 Å². The van der Waals surface area contributed by atoms with Gasteiger partial charge < -0.3 is 10.5 Å². The van der Waals surface area contributed by atoms with E-state index in [9.17, 15) is 5.21 Å². The van der Waals surface area contributed by atoms with E-state index in [2.05, 4.69) is 40.7 Å². The summed E-state index contributed by atoms with van der Waals surface area (Å²) >= 11 is 0. The summed E-state index contributed by atoms with van der Waals surface area (Å²) in [6.07, 6.45) is 4.00. The average molecular weight is 293 g/mol. The van der Waals surface area contributed by atoms with Crippen molar-refractivity contribution in [3.05, 3.63) is 54.2 Å². The third-order valence-electron chi connectivity index (χ3n) is 4.58. The van der Waals surface area contributed by atoms with E-state index in [0.29, 0.717) is 5.92 Å². The number of hydrogen-bond donors (Lipinski definition) is 2. The predicted octanol–water partition coefficient (Wildman–Crippen LogP) is 3.41. The summed E-state index contributed by atoms with van der Waals surface area (Å²) in [4.78, 5) is 1.03. The smallest absolute Gasteiger partial charge is 0.113 e. The van der Waals surface area contributed by atoms with Crippen molar-refractivity contribution in [1.82, 2.24) is 15.3 Å². The standard InChI is InChI=1S/C18H19N3O/c22-21-18(17(12-20-21)14-7-9-19-10-8-14)16-6-5-13-3-1-2-4-15(13)11-16/h1-6,11-12,14,19,22H,7-10H2. The van der Waals surface area contributed by atoms with E-state index in [1.807, 2.05) is 18.3 Å². The molecule has 0 bridgehead atoms. The van der Waals surface area contributed by atoms with Crippen LogP contribution in [0.1, 0.15) is 24.3 Å². The molecular formula is C18H19N3O. The summed E-state index contributed by atoms with van der Waals surface area (Å²) < 4.78 is 0. The highest BCUT2D eigenvalue weighted by Gasteiger charge is 2.23. The molecule has 4 rings (SSSR count). The van der Waals surface area contributed by atoms with Crippen molar-refractivity contribution in [1.29, 1.82) is 0 Å². The van der Waals surface area contributed by atoms with E-state index in [0.717, 1.165) is 47.6 Å². The predicted molar refractivity (Wildman–Crippen MR) is 87.2 cm³/mol. The molecule has 1 aromatic heterocycles. The number of piperidine rings is 1. The minimum Gasteiger partial charge on any atom is -0.411 e. The number of rotatable bonds is 2. The second-order valence-electron chi connectivity index (χ2n) is 5.92.